The Morgan fingerprint density at radius 2 is 0.961 bits per heavy atom. The zero-order valence-electron chi connectivity index (χ0n) is 42.7. The van der Waals surface area contributed by atoms with E-state index < -0.39 is 206 Å². The molecule has 77 heavy (non-hydrogen) atoms. The van der Waals surface area contributed by atoms with E-state index >= 15 is 0 Å². The third-order valence-corrected chi connectivity index (χ3v) is 11.9. The average Bonchev–Trinajstić information content (AvgIpc) is 3.84. The summed E-state index contributed by atoms with van der Waals surface area (Å²) in [5.74, 6) is -19.9. The minimum atomic E-state index is -1.97. The van der Waals surface area contributed by atoms with Crippen LogP contribution in [-0.2, 0) is 71.9 Å². The van der Waals surface area contributed by atoms with E-state index in [9.17, 15) is 92.3 Å². The van der Waals surface area contributed by atoms with Gasteiger partial charge < -0.3 is 95.9 Å². The van der Waals surface area contributed by atoms with Gasteiger partial charge in [0.1, 0.15) is 54.4 Å². The fraction of sp³-hybridized carbons (Fsp3) is 0.659. The molecule has 1 saturated heterocycles. The first-order valence-electron chi connectivity index (χ1n) is 24.1. The minimum Gasteiger partial charge on any atom is -0.481 e. The van der Waals surface area contributed by atoms with Crippen molar-refractivity contribution in [2.45, 2.75) is 152 Å². The van der Waals surface area contributed by atoms with Crippen LogP contribution >= 0.6 is 0 Å². The van der Waals surface area contributed by atoms with Crippen molar-refractivity contribution in [3.63, 3.8) is 0 Å². The molecule has 1 heterocycles. The van der Waals surface area contributed by atoms with Gasteiger partial charge in [-0.3, -0.25) is 67.1 Å². The SMILES string of the molecule is CC[C@H](C)[C@H](NC(=O)[C@H](CC(=O)O)NC(=O)[C@@H]1CCCN1C(=O)[C@H](CO)NC(=O)[C@@H](N)CCC(N)=O)C(=O)N[C@@H](CC(N)=O)C(=O)N[C@@H](CCC(N)=O)C(=O)N[C@@H](CO)C(=O)N[C@H](C(=O)N[C@@H](CC(=O)O)C(=O)O)C(C)C. The number of carboxylic acids is 3. The second kappa shape index (κ2) is 32.4. The number of primary amides is 3. The number of carboxylic acid groups (broad SMARTS) is 3. The number of aliphatic carboxylic acids is 3. The van der Waals surface area contributed by atoms with E-state index in [1.54, 1.807) is 6.92 Å². The van der Waals surface area contributed by atoms with Gasteiger partial charge in [-0.25, -0.2) is 4.79 Å². The van der Waals surface area contributed by atoms with Crippen LogP contribution in [0.5, 0.6) is 0 Å². The number of likely N-dealkylation sites (tertiary alicyclic amines) is 1. The molecule has 0 aromatic heterocycles. The fourth-order valence-corrected chi connectivity index (χ4v) is 7.40. The lowest BCUT2D eigenvalue weighted by Gasteiger charge is -2.30. The van der Waals surface area contributed by atoms with Crippen molar-refractivity contribution in [3.8, 4) is 0 Å². The maximum Gasteiger partial charge on any atom is 0.326 e. The summed E-state index contributed by atoms with van der Waals surface area (Å²) >= 11 is 0. The van der Waals surface area contributed by atoms with Gasteiger partial charge in [0.2, 0.25) is 70.9 Å². The van der Waals surface area contributed by atoms with Gasteiger partial charge in [-0.2, -0.15) is 0 Å². The molecule has 0 saturated carbocycles. The van der Waals surface area contributed by atoms with Crippen LogP contribution < -0.4 is 65.5 Å². The largest absolute Gasteiger partial charge is 0.481 e. The lowest BCUT2D eigenvalue weighted by Crippen LogP contribution is -2.62. The first-order valence-corrected chi connectivity index (χ1v) is 24.1. The summed E-state index contributed by atoms with van der Waals surface area (Å²) in [6.07, 6.45) is -4.46. The third-order valence-electron chi connectivity index (χ3n) is 11.9. The number of nitrogens with one attached hydrogen (secondary N) is 8. The van der Waals surface area contributed by atoms with E-state index in [4.69, 9.17) is 28.0 Å². The molecular weight excluding hydrogens is 1030 g/mol. The molecular formula is C44H71N13O20. The Morgan fingerprint density at radius 3 is 1.47 bits per heavy atom. The Hall–Kier alpha value is -8.07. The summed E-state index contributed by atoms with van der Waals surface area (Å²) < 4.78 is 0. The van der Waals surface area contributed by atoms with Crippen LogP contribution in [0.3, 0.4) is 0 Å². The summed E-state index contributed by atoms with van der Waals surface area (Å²) in [4.78, 5) is 192. The van der Waals surface area contributed by atoms with Crippen molar-refractivity contribution < 1.29 is 97.5 Å². The maximum absolute atomic E-state index is 14.0. The molecule has 33 nitrogen and oxygen atoms in total. The van der Waals surface area contributed by atoms with Crippen LogP contribution in [0, 0.1) is 11.8 Å². The van der Waals surface area contributed by atoms with Gasteiger partial charge in [-0.15, -0.1) is 0 Å². The Kier molecular flexibility index (Phi) is 28.2. The number of carbonyl (C=O) groups is 15. The Balaban J connectivity index is 3.39. The number of aliphatic hydroxyl groups is 2. The van der Waals surface area contributed by atoms with Crippen LogP contribution in [0.1, 0.15) is 91.9 Å². The number of carbonyl (C=O) groups excluding carboxylic acids is 12. The van der Waals surface area contributed by atoms with Gasteiger partial charge in [0.05, 0.1) is 38.5 Å². The quantitative estimate of drug-likeness (QED) is 0.0280. The summed E-state index contributed by atoms with van der Waals surface area (Å²) in [5, 5.41) is 65.7. The van der Waals surface area contributed by atoms with Gasteiger partial charge in [-0.1, -0.05) is 34.1 Å². The molecule has 0 bridgehead atoms. The van der Waals surface area contributed by atoms with Crippen molar-refractivity contribution >= 4 is 88.8 Å². The topological polar surface area (TPSA) is 561 Å². The highest BCUT2D eigenvalue weighted by Gasteiger charge is 2.41. The second-order valence-electron chi connectivity index (χ2n) is 18.3. The first-order chi connectivity index (χ1) is 35.9. The molecule has 33 heteroatoms. The Bertz CT molecular complexity index is 2210. The number of aliphatic hydroxyl groups excluding tert-OH is 2. The first kappa shape index (κ1) is 66.9. The molecule has 12 amide bonds. The Morgan fingerprint density at radius 1 is 0.519 bits per heavy atom. The number of nitrogens with zero attached hydrogens (tertiary/aromatic N) is 1. The van der Waals surface area contributed by atoms with E-state index in [0.29, 0.717) is 0 Å². The lowest BCUT2D eigenvalue weighted by molar-refractivity contribution is -0.147. The molecule has 0 spiro atoms. The normalized spacial score (nSPS) is 16.9. The number of rotatable bonds is 35. The number of hydrogen-bond acceptors (Lipinski definition) is 18. The summed E-state index contributed by atoms with van der Waals surface area (Å²) in [6, 6.07) is -17.1. The second-order valence-corrected chi connectivity index (χ2v) is 18.3. The van der Waals surface area contributed by atoms with Crippen molar-refractivity contribution in [2.24, 2.45) is 34.8 Å². The van der Waals surface area contributed by atoms with Crippen LogP contribution in [0.4, 0.5) is 0 Å². The molecule has 11 atom stereocenters. The van der Waals surface area contributed by atoms with Crippen LogP contribution in [0.15, 0.2) is 0 Å². The van der Waals surface area contributed by atoms with E-state index in [0.717, 1.165) is 4.90 Å². The molecule has 0 unspecified atom stereocenters. The number of hydrogen-bond donors (Lipinski definition) is 17. The van der Waals surface area contributed by atoms with Gasteiger partial charge in [-0.05, 0) is 37.5 Å². The van der Waals surface area contributed by atoms with Gasteiger partial charge >= 0.3 is 17.9 Å². The number of nitrogens with two attached hydrogens (primary N) is 4. The van der Waals surface area contributed by atoms with Crippen molar-refractivity contribution in [1.29, 1.82) is 0 Å². The highest BCUT2D eigenvalue weighted by Crippen LogP contribution is 2.20. The highest BCUT2D eigenvalue weighted by atomic mass is 16.4. The molecule has 0 radical (unpaired) electrons. The smallest absolute Gasteiger partial charge is 0.326 e. The molecule has 1 rings (SSSR count). The standard InChI is InChI=1S/C44H71N13O20/c1-5-19(4)34(56-38(70)23(14-31(63)64)50-40(72)27-7-6-12-57(27)43(75)26(17-59)54-35(67)20(45)8-10-28(46)60)42(74)51-22(13-30(48)62)37(69)49-21(9-11-29(47)61)36(68)53-25(16-58)39(71)55-33(18(2)3)41(73)52-24(44(76)77)15-32(65)66/h18-27,33-34,58-59H,5-17,45H2,1-4H3,(H2,46,60)(H2,47,61)(H2,48,62)(H,49,69)(H,50,72)(H,51,74)(H,52,73)(H,53,68)(H,54,67)(H,55,71)(H,56,70)(H,63,64)(H,65,66)(H,76,77)/t19-,20-,21-,22-,23-,24-,25-,26-,27-,33-,34-/m0/s1. The van der Waals surface area contributed by atoms with Crippen molar-refractivity contribution in [2.75, 3.05) is 19.8 Å². The Labute approximate surface area is 439 Å². The summed E-state index contributed by atoms with van der Waals surface area (Å²) in [7, 11) is 0. The third kappa shape index (κ3) is 22.7. The zero-order chi connectivity index (χ0) is 59.0. The van der Waals surface area contributed by atoms with E-state index in [1.165, 1.54) is 20.8 Å². The average molecular weight is 1100 g/mol. The molecule has 0 aromatic rings. The predicted octanol–water partition coefficient (Wildman–Crippen LogP) is -8.69. The zero-order valence-corrected chi connectivity index (χ0v) is 42.7. The molecule has 1 aliphatic heterocycles. The highest BCUT2D eigenvalue weighted by molar-refractivity contribution is 6.00. The molecule has 432 valence electrons. The molecule has 1 fully saturated rings. The molecule has 21 N–H and O–H groups in total. The van der Waals surface area contributed by atoms with Crippen molar-refractivity contribution in [1.82, 2.24) is 47.4 Å². The lowest BCUT2D eigenvalue weighted by atomic mass is 9.97. The predicted molar refractivity (Wildman–Crippen MR) is 259 cm³/mol. The van der Waals surface area contributed by atoms with Gasteiger partial charge in [0.25, 0.3) is 0 Å². The van der Waals surface area contributed by atoms with Crippen LogP contribution in [-0.4, -0.2) is 199 Å². The maximum atomic E-state index is 14.0. The van der Waals surface area contributed by atoms with Crippen LogP contribution in [0.2, 0.25) is 0 Å². The fourth-order valence-electron chi connectivity index (χ4n) is 7.40. The monoisotopic (exact) mass is 1100 g/mol. The molecule has 0 aromatic carbocycles. The van der Waals surface area contributed by atoms with Crippen LogP contribution in [0.25, 0.3) is 0 Å². The van der Waals surface area contributed by atoms with E-state index in [2.05, 4.69) is 37.2 Å². The van der Waals surface area contributed by atoms with E-state index in [-0.39, 0.29) is 38.6 Å². The minimum absolute atomic E-state index is 0.0255. The van der Waals surface area contributed by atoms with Gasteiger partial charge in [0.15, 0.2) is 0 Å². The van der Waals surface area contributed by atoms with Crippen molar-refractivity contribution in [3.05, 3.63) is 0 Å². The van der Waals surface area contributed by atoms with Gasteiger partial charge in [0, 0.05) is 19.4 Å². The summed E-state index contributed by atoms with van der Waals surface area (Å²) in [5.41, 5.74) is 21.5. The summed E-state index contributed by atoms with van der Waals surface area (Å²) in [6.45, 7) is 3.63. The van der Waals surface area contributed by atoms with E-state index in [1.807, 2.05) is 5.32 Å². The molecule has 1 aliphatic rings. The number of amides is 12. The molecule has 0 aliphatic carbocycles.